The third kappa shape index (κ3) is 2.97. The second kappa shape index (κ2) is 5.80. The van der Waals surface area contributed by atoms with E-state index >= 15 is 0 Å². The molecule has 0 fully saturated rings. The molecule has 0 aliphatic rings. The second-order valence-corrected chi connectivity index (χ2v) is 6.09. The fraction of sp³-hybridized carbons (Fsp3) is 0.417. The number of thiophene rings is 1. The Morgan fingerprint density at radius 1 is 1.47 bits per heavy atom. The molecule has 2 heterocycles. The van der Waals surface area contributed by atoms with Crippen molar-refractivity contribution in [2.75, 3.05) is 6.54 Å². The predicted molar refractivity (Wildman–Crippen MR) is 75.4 cm³/mol. The van der Waals surface area contributed by atoms with Crippen molar-refractivity contribution >= 4 is 27.3 Å². The summed E-state index contributed by atoms with van der Waals surface area (Å²) in [4.78, 5) is 0. The van der Waals surface area contributed by atoms with Crippen molar-refractivity contribution in [3.63, 3.8) is 0 Å². The first kappa shape index (κ1) is 12.8. The number of nitrogens with one attached hydrogen (secondary N) is 1. The molecule has 2 aromatic rings. The lowest BCUT2D eigenvalue weighted by molar-refractivity contribution is 0.626. The van der Waals surface area contributed by atoms with Crippen LogP contribution in [0, 0.1) is 0 Å². The van der Waals surface area contributed by atoms with E-state index in [2.05, 4.69) is 57.8 Å². The Bertz CT molecular complexity index is 478. The Morgan fingerprint density at radius 2 is 2.29 bits per heavy atom. The van der Waals surface area contributed by atoms with E-state index in [1.807, 2.05) is 10.9 Å². The standard InChI is InChI=1S/C12H16BrN3S/c1-3-14-12(9-5-11(13)17-8-9)10-6-15-16(4-2)7-10/h5-8,12,14H,3-4H2,1-2H3. The van der Waals surface area contributed by atoms with Gasteiger partial charge < -0.3 is 5.32 Å². The second-order valence-electron chi connectivity index (χ2n) is 3.80. The highest BCUT2D eigenvalue weighted by molar-refractivity contribution is 9.11. The fourth-order valence-electron chi connectivity index (χ4n) is 1.81. The van der Waals surface area contributed by atoms with Gasteiger partial charge in [0.25, 0.3) is 0 Å². The fourth-order valence-corrected chi connectivity index (χ4v) is 3.01. The lowest BCUT2D eigenvalue weighted by atomic mass is 10.1. The average Bonchev–Trinajstić information content (AvgIpc) is 2.94. The molecule has 1 N–H and O–H groups in total. The van der Waals surface area contributed by atoms with E-state index in [1.165, 1.54) is 14.9 Å². The number of aryl methyl sites for hydroxylation is 1. The Kier molecular flexibility index (Phi) is 4.36. The van der Waals surface area contributed by atoms with Crippen molar-refractivity contribution in [1.82, 2.24) is 15.1 Å². The molecule has 17 heavy (non-hydrogen) atoms. The van der Waals surface area contributed by atoms with Crippen LogP contribution in [0.5, 0.6) is 0 Å². The van der Waals surface area contributed by atoms with Crippen molar-refractivity contribution in [3.05, 3.63) is 38.8 Å². The maximum absolute atomic E-state index is 4.34. The monoisotopic (exact) mass is 313 g/mol. The van der Waals surface area contributed by atoms with E-state index in [0.29, 0.717) is 0 Å². The van der Waals surface area contributed by atoms with Gasteiger partial charge in [-0.25, -0.2) is 0 Å². The predicted octanol–water partition coefficient (Wildman–Crippen LogP) is 3.43. The lowest BCUT2D eigenvalue weighted by Crippen LogP contribution is -2.21. The maximum atomic E-state index is 4.34. The molecule has 2 rings (SSSR count). The third-order valence-electron chi connectivity index (χ3n) is 2.64. The van der Waals surface area contributed by atoms with Gasteiger partial charge in [0.2, 0.25) is 0 Å². The summed E-state index contributed by atoms with van der Waals surface area (Å²) in [5.41, 5.74) is 2.51. The van der Waals surface area contributed by atoms with Crippen molar-refractivity contribution in [1.29, 1.82) is 0 Å². The molecule has 0 saturated heterocycles. The molecular formula is C12H16BrN3S. The van der Waals surface area contributed by atoms with Gasteiger partial charge in [-0.1, -0.05) is 6.92 Å². The molecule has 0 aromatic carbocycles. The van der Waals surface area contributed by atoms with E-state index in [-0.39, 0.29) is 6.04 Å². The van der Waals surface area contributed by atoms with Crippen LogP contribution < -0.4 is 5.32 Å². The molecule has 2 aromatic heterocycles. The zero-order valence-electron chi connectivity index (χ0n) is 9.98. The van der Waals surface area contributed by atoms with Crippen LogP contribution >= 0.6 is 27.3 Å². The van der Waals surface area contributed by atoms with Gasteiger partial charge >= 0.3 is 0 Å². The van der Waals surface area contributed by atoms with Gasteiger partial charge in [0.1, 0.15) is 0 Å². The third-order valence-corrected chi connectivity index (χ3v) is 4.16. The van der Waals surface area contributed by atoms with E-state index in [9.17, 15) is 0 Å². The molecule has 3 nitrogen and oxygen atoms in total. The Morgan fingerprint density at radius 3 is 2.82 bits per heavy atom. The van der Waals surface area contributed by atoms with Gasteiger partial charge in [-0.3, -0.25) is 4.68 Å². The highest BCUT2D eigenvalue weighted by Gasteiger charge is 2.16. The van der Waals surface area contributed by atoms with Crippen LogP contribution in [0.15, 0.2) is 27.6 Å². The van der Waals surface area contributed by atoms with E-state index in [4.69, 9.17) is 0 Å². The Balaban J connectivity index is 2.28. The van der Waals surface area contributed by atoms with Crippen LogP contribution in [-0.2, 0) is 6.54 Å². The quantitative estimate of drug-likeness (QED) is 0.916. The lowest BCUT2D eigenvalue weighted by Gasteiger charge is -2.14. The summed E-state index contributed by atoms with van der Waals surface area (Å²) in [6, 6.07) is 2.41. The van der Waals surface area contributed by atoms with E-state index in [0.717, 1.165) is 13.1 Å². The van der Waals surface area contributed by atoms with E-state index < -0.39 is 0 Å². The molecule has 0 spiro atoms. The van der Waals surface area contributed by atoms with Gasteiger partial charge in [0, 0.05) is 18.3 Å². The highest BCUT2D eigenvalue weighted by atomic mass is 79.9. The van der Waals surface area contributed by atoms with Crippen LogP contribution in [0.4, 0.5) is 0 Å². The summed E-state index contributed by atoms with van der Waals surface area (Å²) in [5.74, 6) is 0. The minimum absolute atomic E-state index is 0.239. The minimum atomic E-state index is 0.239. The molecule has 92 valence electrons. The number of hydrogen-bond acceptors (Lipinski definition) is 3. The van der Waals surface area contributed by atoms with Crippen LogP contribution in [0.25, 0.3) is 0 Å². The molecule has 1 unspecified atom stereocenters. The van der Waals surface area contributed by atoms with Crippen LogP contribution in [0.1, 0.15) is 31.0 Å². The maximum Gasteiger partial charge on any atom is 0.0701 e. The van der Waals surface area contributed by atoms with Crippen LogP contribution in [0.3, 0.4) is 0 Å². The van der Waals surface area contributed by atoms with Crippen LogP contribution in [0.2, 0.25) is 0 Å². The topological polar surface area (TPSA) is 29.9 Å². The molecule has 0 aliphatic carbocycles. The summed E-state index contributed by atoms with van der Waals surface area (Å²) in [6.07, 6.45) is 4.06. The Labute approximate surface area is 114 Å². The summed E-state index contributed by atoms with van der Waals surface area (Å²) in [5, 5.41) is 10.0. The molecule has 1 atom stereocenters. The number of hydrogen-bond donors (Lipinski definition) is 1. The number of nitrogens with zero attached hydrogens (tertiary/aromatic N) is 2. The SMILES string of the molecule is CCNC(c1csc(Br)c1)c1cnn(CC)c1. The van der Waals surface area contributed by atoms with Gasteiger partial charge in [0.05, 0.1) is 16.0 Å². The van der Waals surface area contributed by atoms with E-state index in [1.54, 1.807) is 11.3 Å². The summed E-state index contributed by atoms with van der Waals surface area (Å²) in [7, 11) is 0. The van der Waals surface area contributed by atoms with Crippen LogP contribution in [-0.4, -0.2) is 16.3 Å². The molecule has 0 radical (unpaired) electrons. The number of rotatable bonds is 5. The Hall–Kier alpha value is -0.650. The average molecular weight is 314 g/mol. The zero-order chi connectivity index (χ0) is 12.3. The van der Waals surface area contributed by atoms with Crippen molar-refractivity contribution in [2.24, 2.45) is 0 Å². The van der Waals surface area contributed by atoms with Gasteiger partial charge in [-0.2, -0.15) is 5.10 Å². The first-order valence-electron chi connectivity index (χ1n) is 5.74. The highest BCUT2D eigenvalue weighted by Crippen LogP contribution is 2.29. The van der Waals surface area contributed by atoms with Gasteiger partial charge in [-0.15, -0.1) is 11.3 Å². The zero-order valence-corrected chi connectivity index (χ0v) is 12.4. The first-order chi connectivity index (χ1) is 8.24. The smallest absolute Gasteiger partial charge is 0.0701 e. The number of halogens is 1. The molecule has 0 saturated carbocycles. The molecular weight excluding hydrogens is 298 g/mol. The summed E-state index contributed by atoms with van der Waals surface area (Å²) in [6.45, 7) is 6.07. The normalized spacial score (nSPS) is 12.9. The summed E-state index contributed by atoms with van der Waals surface area (Å²) >= 11 is 5.23. The number of aromatic nitrogens is 2. The molecule has 0 bridgehead atoms. The largest absolute Gasteiger partial charge is 0.306 e. The molecule has 5 heteroatoms. The van der Waals surface area contributed by atoms with Crippen molar-refractivity contribution < 1.29 is 0 Å². The van der Waals surface area contributed by atoms with Crippen molar-refractivity contribution in [2.45, 2.75) is 26.4 Å². The van der Waals surface area contributed by atoms with Gasteiger partial charge in [0.15, 0.2) is 0 Å². The molecule has 0 amide bonds. The summed E-state index contributed by atoms with van der Waals surface area (Å²) < 4.78 is 3.12. The minimum Gasteiger partial charge on any atom is -0.306 e. The van der Waals surface area contributed by atoms with Crippen molar-refractivity contribution in [3.8, 4) is 0 Å². The molecule has 0 aliphatic heterocycles. The van der Waals surface area contributed by atoms with Gasteiger partial charge in [-0.05, 0) is 46.4 Å². The first-order valence-corrected chi connectivity index (χ1v) is 7.41.